The van der Waals surface area contributed by atoms with Crippen molar-refractivity contribution in [3.8, 4) is 0 Å². The topological polar surface area (TPSA) is 62.3 Å². The van der Waals surface area contributed by atoms with E-state index >= 15 is 0 Å². The zero-order valence-electron chi connectivity index (χ0n) is 38.8. The van der Waals surface area contributed by atoms with Gasteiger partial charge in [0.05, 0.1) is 26.1 Å². The van der Waals surface area contributed by atoms with E-state index in [-0.39, 0.29) is 11.9 Å². The first-order valence-corrected chi connectivity index (χ1v) is 24.4. The van der Waals surface area contributed by atoms with Crippen molar-refractivity contribution in [3.63, 3.8) is 0 Å². The molecule has 58 heavy (non-hydrogen) atoms. The molecule has 0 N–H and O–H groups in total. The lowest BCUT2D eigenvalue weighted by atomic mass is 10.1. The predicted molar refractivity (Wildman–Crippen MR) is 249 cm³/mol. The number of esters is 2. The average Bonchev–Trinajstić information content (AvgIpc) is 3.20. The number of hydrogen-bond acceptors (Lipinski definition) is 7. The molecule has 1 aliphatic heterocycles. The third-order valence-corrected chi connectivity index (χ3v) is 11.4. The summed E-state index contributed by atoms with van der Waals surface area (Å²) in [5, 5.41) is 0. The van der Waals surface area contributed by atoms with Gasteiger partial charge in [-0.25, -0.2) is 0 Å². The maximum absolute atomic E-state index is 12.7. The lowest BCUT2D eigenvalue weighted by molar-refractivity contribution is -0.144. The van der Waals surface area contributed by atoms with E-state index in [0.29, 0.717) is 51.2 Å². The van der Waals surface area contributed by atoms with Crippen LogP contribution < -0.4 is 0 Å². The Hall–Kier alpha value is -2.22. The van der Waals surface area contributed by atoms with E-state index in [1.54, 1.807) is 0 Å². The van der Waals surface area contributed by atoms with Crippen molar-refractivity contribution in [1.29, 1.82) is 0 Å². The Morgan fingerprint density at radius 1 is 0.517 bits per heavy atom. The highest BCUT2D eigenvalue weighted by atomic mass is 16.5. The van der Waals surface area contributed by atoms with Crippen molar-refractivity contribution in [3.05, 3.63) is 48.6 Å². The van der Waals surface area contributed by atoms with E-state index in [1.807, 2.05) is 0 Å². The van der Waals surface area contributed by atoms with Crippen LogP contribution in [0.5, 0.6) is 0 Å². The first-order chi connectivity index (χ1) is 28.4. The summed E-state index contributed by atoms with van der Waals surface area (Å²) < 4.78 is 11.3. The fourth-order valence-corrected chi connectivity index (χ4v) is 7.85. The summed E-state index contributed by atoms with van der Waals surface area (Å²) in [6.07, 6.45) is 48.0. The minimum atomic E-state index is -0.131. The molecule has 0 amide bonds. The molecule has 2 unspecified atom stereocenters. The molecule has 1 rings (SSSR count). The van der Waals surface area contributed by atoms with Crippen molar-refractivity contribution in [1.82, 2.24) is 14.7 Å². The summed E-state index contributed by atoms with van der Waals surface area (Å²) in [5.74, 6) is -0.261. The fourth-order valence-electron chi connectivity index (χ4n) is 7.85. The Bertz CT molecular complexity index is 994. The molecule has 0 aromatic heterocycles. The largest absolute Gasteiger partial charge is 0.466 e. The Morgan fingerprint density at radius 2 is 0.879 bits per heavy atom. The Kier molecular flexibility index (Phi) is 37.3. The van der Waals surface area contributed by atoms with Crippen molar-refractivity contribution < 1.29 is 19.1 Å². The van der Waals surface area contributed by atoms with Gasteiger partial charge in [0, 0.05) is 51.4 Å². The van der Waals surface area contributed by atoms with E-state index in [9.17, 15) is 9.59 Å². The van der Waals surface area contributed by atoms with Gasteiger partial charge in [0.15, 0.2) is 0 Å². The number of carbonyl (C=O) groups is 2. The number of hydrogen-bond donors (Lipinski definition) is 0. The quantitative estimate of drug-likeness (QED) is 0.0348. The smallest absolute Gasteiger partial charge is 0.307 e. The molecule has 0 spiro atoms. The summed E-state index contributed by atoms with van der Waals surface area (Å²) >= 11 is 0. The highest BCUT2D eigenvalue weighted by Gasteiger charge is 2.27. The van der Waals surface area contributed by atoms with Gasteiger partial charge in [-0.1, -0.05) is 140 Å². The predicted octanol–water partition coefficient (Wildman–Crippen LogP) is 12.8. The minimum Gasteiger partial charge on any atom is -0.466 e. The van der Waals surface area contributed by atoms with E-state index < -0.39 is 0 Å². The van der Waals surface area contributed by atoms with Crippen LogP contribution in [0.4, 0.5) is 0 Å². The number of piperazine rings is 1. The molecule has 0 bridgehead atoms. The van der Waals surface area contributed by atoms with Gasteiger partial charge < -0.3 is 19.3 Å². The molecule has 1 fully saturated rings. The molecule has 1 heterocycles. The lowest BCUT2D eigenvalue weighted by Gasteiger charge is -2.44. The molecule has 0 aliphatic carbocycles. The molecule has 2 atom stereocenters. The second-order valence-corrected chi connectivity index (χ2v) is 17.1. The molecule has 7 heteroatoms. The van der Waals surface area contributed by atoms with Crippen molar-refractivity contribution >= 4 is 11.9 Å². The van der Waals surface area contributed by atoms with Crippen LogP contribution in [0.1, 0.15) is 195 Å². The van der Waals surface area contributed by atoms with Crippen molar-refractivity contribution in [2.24, 2.45) is 0 Å². The van der Waals surface area contributed by atoms with E-state index in [0.717, 1.165) is 64.7 Å². The summed E-state index contributed by atoms with van der Waals surface area (Å²) in [5.41, 5.74) is 0. The van der Waals surface area contributed by atoms with Crippen LogP contribution in [-0.2, 0) is 19.1 Å². The molecule has 0 aromatic rings. The number of allylic oxidation sites excluding steroid dienone is 8. The molecule has 1 saturated heterocycles. The van der Waals surface area contributed by atoms with E-state index in [4.69, 9.17) is 9.47 Å². The molecular formula is C51H93N3O4. The Labute approximate surface area is 359 Å². The van der Waals surface area contributed by atoms with Gasteiger partial charge in [-0.2, -0.15) is 0 Å². The van der Waals surface area contributed by atoms with Gasteiger partial charge in [-0.15, -0.1) is 0 Å². The highest BCUT2D eigenvalue weighted by Crippen LogP contribution is 2.15. The Balaban J connectivity index is 2.23. The summed E-state index contributed by atoms with van der Waals surface area (Å²) in [7, 11) is 2.19. The van der Waals surface area contributed by atoms with Crippen LogP contribution in [0.3, 0.4) is 0 Å². The van der Waals surface area contributed by atoms with Gasteiger partial charge in [0.25, 0.3) is 0 Å². The van der Waals surface area contributed by atoms with Gasteiger partial charge in [0.2, 0.25) is 0 Å². The number of unbranched alkanes of at least 4 members (excludes halogenated alkanes) is 18. The molecular weight excluding hydrogens is 719 g/mol. The standard InChI is InChI=1S/C51H93N3O4/c1-6-8-10-12-14-16-18-20-22-24-26-28-30-32-34-36-44-57-50(55)38-40-53(42-43-54-48(3)46-52(5)47-49(54)4)41-39-51(56)58-45-37-35-33-31-29-27-25-23-21-19-17-15-13-11-9-7-2/h14-17,20-23,48-49H,6-13,18-19,24-47H2,1-5H3/b16-14-,17-15-,22-20-,23-21-. The van der Waals surface area contributed by atoms with E-state index in [2.05, 4.69) is 98.1 Å². The van der Waals surface area contributed by atoms with Crippen LogP contribution in [0, 0.1) is 0 Å². The van der Waals surface area contributed by atoms with Gasteiger partial charge in [-0.3, -0.25) is 14.5 Å². The van der Waals surface area contributed by atoms with Crippen LogP contribution >= 0.6 is 0 Å². The molecule has 7 nitrogen and oxygen atoms in total. The third-order valence-electron chi connectivity index (χ3n) is 11.4. The van der Waals surface area contributed by atoms with E-state index in [1.165, 1.54) is 116 Å². The number of nitrogens with zero attached hydrogens (tertiary/aromatic N) is 3. The summed E-state index contributed by atoms with van der Waals surface area (Å²) in [4.78, 5) is 32.6. The molecule has 0 radical (unpaired) electrons. The minimum absolute atomic E-state index is 0.131. The van der Waals surface area contributed by atoms with Crippen LogP contribution in [-0.4, -0.2) is 98.3 Å². The number of likely N-dealkylation sites (N-methyl/N-ethyl adjacent to an activating group) is 1. The number of rotatable bonds is 39. The molecule has 0 saturated carbocycles. The second-order valence-electron chi connectivity index (χ2n) is 17.1. The monoisotopic (exact) mass is 812 g/mol. The SMILES string of the molecule is CCCCC/C=C\C/C=C\CCCCCCCCOC(=O)CCN(CCC(=O)OCCCCCCCC/C=C\C/C=C\CCCCC)CCN1C(C)CN(C)CC1C. The zero-order valence-corrected chi connectivity index (χ0v) is 38.8. The fraction of sp³-hybridized carbons (Fsp3) is 0.804. The van der Waals surface area contributed by atoms with Crippen LogP contribution in [0.15, 0.2) is 48.6 Å². The van der Waals surface area contributed by atoms with Crippen molar-refractivity contribution in [2.75, 3.05) is 59.5 Å². The number of ether oxygens (including phenoxy) is 2. The maximum atomic E-state index is 12.7. The van der Waals surface area contributed by atoms with Crippen molar-refractivity contribution in [2.45, 2.75) is 207 Å². The average molecular weight is 812 g/mol. The summed E-state index contributed by atoms with van der Waals surface area (Å²) in [6, 6.07) is 0.961. The van der Waals surface area contributed by atoms with Gasteiger partial charge in [-0.05, 0) is 97.9 Å². The molecule has 0 aromatic carbocycles. The normalized spacial score (nSPS) is 16.9. The third kappa shape index (κ3) is 33.6. The van der Waals surface area contributed by atoms with Gasteiger partial charge in [0.1, 0.15) is 0 Å². The lowest BCUT2D eigenvalue weighted by Crippen LogP contribution is -2.57. The number of carbonyl (C=O) groups excluding carboxylic acids is 2. The Morgan fingerprint density at radius 3 is 1.28 bits per heavy atom. The highest BCUT2D eigenvalue weighted by molar-refractivity contribution is 5.70. The molecule has 336 valence electrons. The zero-order chi connectivity index (χ0) is 42.2. The first kappa shape index (κ1) is 53.8. The first-order valence-electron chi connectivity index (χ1n) is 24.4. The van der Waals surface area contributed by atoms with Crippen LogP contribution in [0.25, 0.3) is 0 Å². The molecule has 1 aliphatic rings. The van der Waals surface area contributed by atoms with Gasteiger partial charge >= 0.3 is 11.9 Å². The second kappa shape index (κ2) is 40.2. The maximum Gasteiger partial charge on any atom is 0.307 e. The van der Waals surface area contributed by atoms with Crippen LogP contribution in [0.2, 0.25) is 0 Å². The summed E-state index contributed by atoms with van der Waals surface area (Å²) in [6.45, 7) is 15.2.